The van der Waals surface area contributed by atoms with E-state index in [4.69, 9.17) is 34.0 Å². The fourth-order valence-electron chi connectivity index (χ4n) is 3.12. The van der Waals surface area contributed by atoms with E-state index in [1.54, 1.807) is 0 Å². The van der Waals surface area contributed by atoms with Crippen molar-refractivity contribution in [3.8, 4) is 0 Å². The lowest BCUT2D eigenvalue weighted by Gasteiger charge is -2.47. The number of aliphatic carboxylic acids is 1. The molecular weight excluding hydrogens is 431 g/mol. The van der Waals surface area contributed by atoms with Crippen LogP contribution in [0.3, 0.4) is 0 Å². The predicted molar refractivity (Wildman–Crippen MR) is 117 cm³/mol. The lowest BCUT2D eigenvalue weighted by molar-refractivity contribution is -0.147. The fraction of sp³-hybridized carbons (Fsp3) is 0.238. The number of halogens is 2. The lowest BCUT2D eigenvalue weighted by atomic mass is 10.0. The van der Waals surface area contributed by atoms with Crippen molar-refractivity contribution in [3.63, 3.8) is 0 Å². The van der Waals surface area contributed by atoms with E-state index in [-0.39, 0.29) is 28.2 Å². The summed E-state index contributed by atoms with van der Waals surface area (Å²) < 4.78 is 0. The number of fused-ring (bicyclic) bond motifs is 1. The normalized spacial score (nSPS) is 20.6. The summed E-state index contributed by atoms with van der Waals surface area (Å²) in [5.41, 5.74) is 8.43. The SMILES string of the molecule is ClC(c1ccccc1)c1ccccc1.NC1C(=O)N2C(C(=O)O)=C(CCl)CS[C@H]12. The van der Waals surface area contributed by atoms with E-state index in [0.29, 0.717) is 11.3 Å². The largest absolute Gasteiger partial charge is 0.477 e. The number of β-lactam (4-membered cyclic amide) rings is 1. The fourth-order valence-corrected chi connectivity index (χ4v) is 5.04. The molecule has 5 nitrogen and oxygen atoms in total. The van der Waals surface area contributed by atoms with Gasteiger partial charge >= 0.3 is 5.97 Å². The third kappa shape index (κ3) is 4.61. The summed E-state index contributed by atoms with van der Waals surface area (Å²) in [6.07, 6.45) is 0. The highest BCUT2D eigenvalue weighted by molar-refractivity contribution is 8.00. The van der Waals surface area contributed by atoms with Gasteiger partial charge in [0.05, 0.1) is 5.38 Å². The van der Waals surface area contributed by atoms with E-state index in [1.807, 2.05) is 60.7 Å². The summed E-state index contributed by atoms with van der Waals surface area (Å²) in [4.78, 5) is 23.7. The van der Waals surface area contributed by atoms with Crippen LogP contribution in [-0.4, -0.2) is 44.9 Å². The molecule has 8 heteroatoms. The van der Waals surface area contributed by atoms with Gasteiger partial charge in [-0.2, -0.15) is 0 Å². The first-order chi connectivity index (χ1) is 14.0. The number of carbonyl (C=O) groups is 2. The molecule has 1 amide bonds. The molecule has 29 heavy (non-hydrogen) atoms. The molecule has 2 aliphatic heterocycles. The Morgan fingerprint density at radius 1 is 1.14 bits per heavy atom. The van der Waals surface area contributed by atoms with Crippen LogP contribution in [0.25, 0.3) is 0 Å². The van der Waals surface area contributed by atoms with Gasteiger partial charge in [-0.25, -0.2) is 4.79 Å². The van der Waals surface area contributed by atoms with Crippen molar-refractivity contribution >= 4 is 46.8 Å². The van der Waals surface area contributed by atoms with Crippen molar-refractivity contribution in [1.29, 1.82) is 0 Å². The molecule has 0 spiro atoms. The number of carboxylic acid groups (broad SMARTS) is 1. The Kier molecular flexibility index (Phi) is 7.24. The van der Waals surface area contributed by atoms with Gasteiger partial charge < -0.3 is 10.8 Å². The first-order valence-corrected chi connectivity index (χ1v) is 10.9. The van der Waals surface area contributed by atoms with Crippen LogP contribution in [0, 0.1) is 0 Å². The summed E-state index contributed by atoms with van der Waals surface area (Å²) in [6.45, 7) is 0. The third-order valence-electron chi connectivity index (χ3n) is 4.64. The number of nitrogens with two attached hydrogens (primary N) is 1. The van der Waals surface area contributed by atoms with Crippen LogP contribution in [0.5, 0.6) is 0 Å². The minimum Gasteiger partial charge on any atom is -0.477 e. The molecule has 2 aliphatic rings. The molecule has 2 aromatic carbocycles. The number of amides is 1. The molecule has 1 unspecified atom stereocenters. The van der Waals surface area contributed by atoms with Crippen LogP contribution in [0.1, 0.15) is 16.5 Å². The first kappa shape index (κ1) is 21.7. The second-order valence-electron chi connectivity index (χ2n) is 6.51. The molecule has 0 saturated carbocycles. The van der Waals surface area contributed by atoms with Gasteiger partial charge in [0.15, 0.2) is 0 Å². The monoisotopic (exact) mass is 450 g/mol. The number of benzene rings is 2. The second kappa shape index (κ2) is 9.67. The number of carbonyl (C=O) groups excluding carboxylic acids is 1. The van der Waals surface area contributed by atoms with Crippen molar-refractivity contribution in [2.24, 2.45) is 5.73 Å². The number of alkyl halides is 2. The highest BCUT2D eigenvalue weighted by atomic mass is 35.5. The smallest absolute Gasteiger partial charge is 0.352 e. The van der Waals surface area contributed by atoms with Gasteiger partial charge in [0.1, 0.15) is 17.1 Å². The predicted octanol–water partition coefficient (Wildman–Crippen LogP) is 3.82. The summed E-state index contributed by atoms with van der Waals surface area (Å²) in [5, 5.41) is 8.72. The average molecular weight is 451 g/mol. The lowest BCUT2D eigenvalue weighted by Crippen LogP contribution is -2.68. The highest BCUT2D eigenvalue weighted by Crippen LogP contribution is 2.39. The molecule has 2 aromatic rings. The van der Waals surface area contributed by atoms with Gasteiger partial charge in [-0.1, -0.05) is 60.7 Å². The summed E-state index contributed by atoms with van der Waals surface area (Å²) in [6, 6.07) is 19.6. The molecule has 0 radical (unpaired) electrons. The molecule has 2 atom stereocenters. The zero-order chi connectivity index (χ0) is 21.0. The van der Waals surface area contributed by atoms with E-state index in [9.17, 15) is 9.59 Å². The number of hydrogen-bond acceptors (Lipinski definition) is 4. The van der Waals surface area contributed by atoms with Crippen molar-refractivity contribution in [1.82, 2.24) is 4.90 Å². The van der Waals surface area contributed by atoms with Crippen LogP contribution < -0.4 is 5.73 Å². The maximum atomic E-state index is 11.4. The zero-order valence-corrected chi connectivity index (χ0v) is 17.7. The van der Waals surface area contributed by atoms with Gasteiger partial charge in [-0.05, 0) is 16.7 Å². The summed E-state index contributed by atoms with van der Waals surface area (Å²) in [5.74, 6) is -0.809. The molecule has 1 fully saturated rings. The number of thioether (sulfide) groups is 1. The summed E-state index contributed by atoms with van der Waals surface area (Å²) >= 11 is 13.4. The average Bonchev–Trinajstić information content (AvgIpc) is 2.78. The van der Waals surface area contributed by atoms with Crippen molar-refractivity contribution in [3.05, 3.63) is 83.1 Å². The van der Waals surface area contributed by atoms with E-state index in [2.05, 4.69) is 0 Å². The van der Waals surface area contributed by atoms with Crippen LogP contribution in [-0.2, 0) is 9.59 Å². The number of carboxylic acids is 1. The molecule has 0 bridgehead atoms. The van der Waals surface area contributed by atoms with E-state index in [1.165, 1.54) is 16.7 Å². The molecule has 0 aliphatic carbocycles. The van der Waals surface area contributed by atoms with Crippen LogP contribution in [0.4, 0.5) is 0 Å². The highest BCUT2D eigenvalue weighted by Gasteiger charge is 2.51. The molecule has 4 rings (SSSR count). The van der Waals surface area contributed by atoms with Crippen molar-refractivity contribution < 1.29 is 14.7 Å². The molecule has 3 N–H and O–H groups in total. The molecule has 2 heterocycles. The van der Waals surface area contributed by atoms with Gasteiger partial charge in [0.2, 0.25) is 5.91 Å². The maximum absolute atomic E-state index is 11.4. The Hall–Kier alpha value is -1.99. The van der Waals surface area contributed by atoms with Gasteiger partial charge in [0.25, 0.3) is 0 Å². The standard InChI is InChI=1S/C13H11Cl.C8H9ClN2O3S/c14-13(11-7-3-1-4-8-11)12-9-5-2-6-10-12;9-1-3-2-15-7-4(10)6(12)11(7)5(3)8(13)14/h1-10,13H;4,7H,1-2,10H2,(H,13,14)/t;4?,7-/m.1/s1. The Labute approximate surface area is 183 Å². The first-order valence-electron chi connectivity index (χ1n) is 8.91. The minimum absolute atomic E-state index is 0.0143. The van der Waals surface area contributed by atoms with Gasteiger partial charge in [0, 0.05) is 11.6 Å². The molecule has 0 aromatic heterocycles. The zero-order valence-electron chi connectivity index (χ0n) is 15.4. The van der Waals surface area contributed by atoms with Gasteiger partial charge in [-0.3, -0.25) is 9.69 Å². The molecule has 152 valence electrons. The topological polar surface area (TPSA) is 83.6 Å². The van der Waals surface area contributed by atoms with Crippen molar-refractivity contribution in [2.45, 2.75) is 16.8 Å². The Morgan fingerprint density at radius 2 is 1.66 bits per heavy atom. The minimum atomic E-state index is -1.11. The second-order valence-corrected chi connectivity index (χ2v) is 8.32. The van der Waals surface area contributed by atoms with Crippen LogP contribution >= 0.6 is 35.0 Å². The Morgan fingerprint density at radius 3 is 2.10 bits per heavy atom. The van der Waals surface area contributed by atoms with Crippen molar-refractivity contribution in [2.75, 3.05) is 11.6 Å². The Balaban J connectivity index is 0.000000166. The van der Waals surface area contributed by atoms with Crippen LogP contribution in [0.2, 0.25) is 0 Å². The number of hydrogen-bond donors (Lipinski definition) is 2. The number of rotatable bonds is 4. The van der Waals surface area contributed by atoms with E-state index < -0.39 is 12.0 Å². The quantitative estimate of drug-likeness (QED) is 0.546. The van der Waals surface area contributed by atoms with Crippen LogP contribution in [0.15, 0.2) is 71.9 Å². The number of nitrogens with zero attached hydrogens (tertiary/aromatic N) is 1. The maximum Gasteiger partial charge on any atom is 0.352 e. The molecule has 1 saturated heterocycles. The van der Waals surface area contributed by atoms with E-state index >= 15 is 0 Å². The molecular formula is C21H20Cl2N2O3S. The third-order valence-corrected chi connectivity index (χ3v) is 6.82. The van der Waals surface area contributed by atoms with Gasteiger partial charge in [-0.15, -0.1) is 35.0 Å². The summed E-state index contributed by atoms with van der Waals surface area (Å²) in [7, 11) is 0. The van der Waals surface area contributed by atoms with E-state index in [0.717, 1.165) is 11.1 Å². The Bertz CT molecular complexity index is 869.